The van der Waals surface area contributed by atoms with E-state index in [1.807, 2.05) is 6.07 Å². The summed E-state index contributed by atoms with van der Waals surface area (Å²) in [5, 5.41) is 15.0. The fourth-order valence-electron chi connectivity index (χ4n) is 2.04. The Balaban J connectivity index is 2.11. The van der Waals surface area contributed by atoms with Gasteiger partial charge in [0.05, 0.1) is 11.5 Å². The Morgan fingerprint density at radius 3 is 2.90 bits per heavy atom. The molecule has 2 rings (SSSR count). The molecule has 1 heterocycles. The van der Waals surface area contributed by atoms with Crippen molar-refractivity contribution in [3.8, 4) is 0 Å². The predicted octanol–water partition coefficient (Wildman–Crippen LogP) is 3.23. The molecule has 0 atom stereocenters. The van der Waals surface area contributed by atoms with Gasteiger partial charge in [0.25, 0.3) is 5.69 Å². The number of anilines is 1. The van der Waals surface area contributed by atoms with E-state index in [-0.39, 0.29) is 5.69 Å². The summed E-state index contributed by atoms with van der Waals surface area (Å²) in [6, 6.07) is 6.79. The summed E-state index contributed by atoms with van der Waals surface area (Å²) >= 11 is 0. The molecular weight excluding hydrogens is 270 g/mol. The zero-order valence-electron chi connectivity index (χ0n) is 12.2. The number of nitrogens with one attached hydrogen (secondary N) is 1. The number of hydrogen-bond donors (Lipinski definition) is 1. The number of pyridine rings is 1. The second-order valence-electron chi connectivity index (χ2n) is 5.18. The summed E-state index contributed by atoms with van der Waals surface area (Å²) in [5.41, 5.74) is 1.25. The van der Waals surface area contributed by atoms with Gasteiger partial charge in [0.15, 0.2) is 0 Å². The van der Waals surface area contributed by atoms with Crippen LogP contribution in [0.4, 0.5) is 11.4 Å². The van der Waals surface area contributed by atoms with Gasteiger partial charge in [-0.1, -0.05) is 13.8 Å². The van der Waals surface area contributed by atoms with E-state index in [2.05, 4.69) is 24.1 Å². The third-order valence-electron chi connectivity index (χ3n) is 2.96. The summed E-state index contributed by atoms with van der Waals surface area (Å²) < 4.78 is 5.50. The van der Waals surface area contributed by atoms with Crippen LogP contribution in [0.1, 0.15) is 13.8 Å². The lowest BCUT2D eigenvalue weighted by atomic mass is 10.1. The smallest absolute Gasteiger partial charge is 0.295 e. The van der Waals surface area contributed by atoms with Crippen molar-refractivity contribution in [3.05, 3.63) is 40.6 Å². The van der Waals surface area contributed by atoms with Gasteiger partial charge in [0, 0.05) is 36.5 Å². The average Bonchev–Trinajstić information content (AvgIpc) is 2.46. The van der Waals surface area contributed by atoms with E-state index in [0.717, 1.165) is 17.7 Å². The van der Waals surface area contributed by atoms with Gasteiger partial charge >= 0.3 is 0 Å². The maximum atomic E-state index is 11.0. The molecule has 2 aromatic rings. The summed E-state index contributed by atoms with van der Waals surface area (Å²) in [6.45, 7) is 6.17. The number of nitrogens with zero attached hydrogens (tertiary/aromatic N) is 2. The van der Waals surface area contributed by atoms with Crippen LogP contribution in [0.2, 0.25) is 0 Å². The molecule has 0 saturated carbocycles. The third kappa shape index (κ3) is 3.88. The van der Waals surface area contributed by atoms with E-state index in [9.17, 15) is 10.1 Å². The van der Waals surface area contributed by atoms with E-state index >= 15 is 0 Å². The van der Waals surface area contributed by atoms with Crippen molar-refractivity contribution >= 4 is 22.3 Å². The number of nitro benzene ring substituents is 1. The standard InChI is InChI=1S/C15H19N3O3/c1-11(2)10-21-9-8-16-13-5-6-14(18(19)20)15-12(13)4-3-7-17-15/h3-7,11,16H,8-10H2,1-2H3. The van der Waals surface area contributed by atoms with Crippen molar-refractivity contribution < 1.29 is 9.66 Å². The van der Waals surface area contributed by atoms with Gasteiger partial charge in [0.1, 0.15) is 5.52 Å². The van der Waals surface area contributed by atoms with Crippen LogP contribution in [-0.4, -0.2) is 29.7 Å². The minimum absolute atomic E-state index is 0.0206. The molecule has 0 fully saturated rings. The Kier molecular flexibility index (Phi) is 5.05. The Hall–Kier alpha value is -2.21. The zero-order chi connectivity index (χ0) is 15.2. The van der Waals surface area contributed by atoms with Crippen molar-refractivity contribution in [1.82, 2.24) is 4.98 Å². The molecule has 0 aliphatic heterocycles. The lowest BCUT2D eigenvalue weighted by Crippen LogP contribution is -2.12. The van der Waals surface area contributed by atoms with Gasteiger partial charge in [0.2, 0.25) is 0 Å². The number of nitro groups is 1. The molecule has 0 amide bonds. The van der Waals surface area contributed by atoms with Crippen molar-refractivity contribution in [2.45, 2.75) is 13.8 Å². The van der Waals surface area contributed by atoms with Crippen LogP contribution in [0.25, 0.3) is 10.9 Å². The molecule has 1 aromatic heterocycles. The van der Waals surface area contributed by atoms with Crippen LogP contribution in [0, 0.1) is 16.0 Å². The highest BCUT2D eigenvalue weighted by Gasteiger charge is 2.14. The van der Waals surface area contributed by atoms with Crippen molar-refractivity contribution in [2.75, 3.05) is 25.1 Å². The molecule has 0 saturated heterocycles. The summed E-state index contributed by atoms with van der Waals surface area (Å²) in [4.78, 5) is 14.7. The number of fused-ring (bicyclic) bond motifs is 1. The Bertz CT molecular complexity index is 629. The molecule has 0 aliphatic rings. The van der Waals surface area contributed by atoms with Gasteiger partial charge in [-0.05, 0) is 24.1 Å². The van der Waals surface area contributed by atoms with Crippen LogP contribution in [0.3, 0.4) is 0 Å². The van der Waals surface area contributed by atoms with Gasteiger partial charge < -0.3 is 10.1 Å². The average molecular weight is 289 g/mol. The molecule has 112 valence electrons. The first-order valence-electron chi connectivity index (χ1n) is 6.93. The quantitative estimate of drug-likeness (QED) is 0.481. The Labute approximate surface area is 123 Å². The van der Waals surface area contributed by atoms with E-state index in [1.54, 1.807) is 18.3 Å². The third-order valence-corrected chi connectivity index (χ3v) is 2.96. The molecule has 1 N–H and O–H groups in total. The molecule has 0 spiro atoms. The highest BCUT2D eigenvalue weighted by atomic mass is 16.6. The predicted molar refractivity (Wildman–Crippen MR) is 82.5 cm³/mol. The lowest BCUT2D eigenvalue weighted by Gasteiger charge is -2.11. The first-order valence-corrected chi connectivity index (χ1v) is 6.93. The minimum atomic E-state index is -0.412. The summed E-state index contributed by atoms with van der Waals surface area (Å²) in [5.74, 6) is 0.509. The van der Waals surface area contributed by atoms with Gasteiger partial charge in [-0.3, -0.25) is 10.1 Å². The maximum Gasteiger partial charge on any atom is 0.295 e. The first-order chi connectivity index (χ1) is 10.1. The number of benzene rings is 1. The van der Waals surface area contributed by atoms with Gasteiger partial charge in [-0.2, -0.15) is 0 Å². The van der Waals surface area contributed by atoms with Gasteiger partial charge in [-0.25, -0.2) is 4.98 Å². The monoisotopic (exact) mass is 289 g/mol. The number of aromatic nitrogens is 1. The highest BCUT2D eigenvalue weighted by Crippen LogP contribution is 2.29. The van der Waals surface area contributed by atoms with E-state index in [1.165, 1.54) is 6.07 Å². The van der Waals surface area contributed by atoms with Gasteiger partial charge in [-0.15, -0.1) is 0 Å². The number of ether oxygens (including phenoxy) is 1. The Morgan fingerprint density at radius 2 is 2.19 bits per heavy atom. The van der Waals surface area contributed by atoms with Crippen LogP contribution >= 0.6 is 0 Å². The molecule has 1 aromatic carbocycles. The SMILES string of the molecule is CC(C)COCCNc1ccc([N+](=O)[O-])c2ncccc12. The molecule has 0 unspecified atom stereocenters. The van der Waals surface area contributed by atoms with E-state index < -0.39 is 4.92 Å². The van der Waals surface area contributed by atoms with Crippen LogP contribution < -0.4 is 5.32 Å². The van der Waals surface area contributed by atoms with Crippen LogP contribution in [0.5, 0.6) is 0 Å². The number of hydrogen-bond acceptors (Lipinski definition) is 5. The normalized spacial score (nSPS) is 11.0. The fourth-order valence-corrected chi connectivity index (χ4v) is 2.04. The largest absolute Gasteiger partial charge is 0.382 e. The van der Waals surface area contributed by atoms with Crippen LogP contribution in [-0.2, 0) is 4.74 Å². The molecule has 0 aliphatic carbocycles. The highest BCUT2D eigenvalue weighted by molar-refractivity contribution is 5.96. The molecule has 6 heteroatoms. The second-order valence-corrected chi connectivity index (χ2v) is 5.18. The molecule has 6 nitrogen and oxygen atoms in total. The number of rotatable bonds is 7. The van der Waals surface area contributed by atoms with Crippen molar-refractivity contribution in [3.63, 3.8) is 0 Å². The number of non-ortho nitro benzene ring substituents is 1. The first kappa shape index (κ1) is 15.2. The molecule has 0 bridgehead atoms. The fraction of sp³-hybridized carbons (Fsp3) is 0.400. The van der Waals surface area contributed by atoms with E-state index in [4.69, 9.17) is 4.74 Å². The van der Waals surface area contributed by atoms with E-state index in [0.29, 0.717) is 24.6 Å². The molecule has 0 radical (unpaired) electrons. The Morgan fingerprint density at radius 1 is 1.38 bits per heavy atom. The maximum absolute atomic E-state index is 11.0. The molecular formula is C15H19N3O3. The zero-order valence-corrected chi connectivity index (χ0v) is 12.2. The summed E-state index contributed by atoms with van der Waals surface area (Å²) in [7, 11) is 0. The molecule has 21 heavy (non-hydrogen) atoms. The van der Waals surface area contributed by atoms with Crippen molar-refractivity contribution in [1.29, 1.82) is 0 Å². The minimum Gasteiger partial charge on any atom is -0.382 e. The van der Waals surface area contributed by atoms with Crippen molar-refractivity contribution in [2.24, 2.45) is 5.92 Å². The lowest BCUT2D eigenvalue weighted by molar-refractivity contribution is -0.383. The summed E-state index contributed by atoms with van der Waals surface area (Å²) in [6.07, 6.45) is 1.56. The second kappa shape index (κ2) is 6.99. The topological polar surface area (TPSA) is 77.3 Å². The van der Waals surface area contributed by atoms with Crippen LogP contribution in [0.15, 0.2) is 30.5 Å².